The van der Waals surface area contributed by atoms with Crippen molar-refractivity contribution in [3.63, 3.8) is 0 Å². The second-order valence-corrected chi connectivity index (χ2v) is 5.78. The molecule has 1 aliphatic rings. The molecule has 1 aliphatic carbocycles. The van der Waals surface area contributed by atoms with E-state index in [4.69, 9.17) is 5.73 Å². The van der Waals surface area contributed by atoms with E-state index in [2.05, 4.69) is 4.72 Å². The van der Waals surface area contributed by atoms with Gasteiger partial charge in [-0.3, -0.25) is 0 Å². The zero-order chi connectivity index (χ0) is 9.95. The predicted molar refractivity (Wildman–Crippen MR) is 60.1 cm³/mol. The molecule has 0 aromatic heterocycles. The fraction of sp³-hybridized carbons (Fsp3) is 1.00. The fourth-order valence-corrected chi connectivity index (χ4v) is 2.59. The second kappa shape index (κ2) is 5.30. The van der Waals surface area contributed by atoms with E-state index in [0.717, 1.165) is 19.3 Å². The van der Waals surface area contributed by atoms with Crippen LogP contribution in [-0.2, 0) is 10.0 Å². The topological polar surface area (TPSA) is 72.2 Å². The van der Waals surface area contributed by atoms with Gasteiger partial charge in [-0.2, -0.15) is 0 Å². The molecule has 0 amide bonds. The van der Waals surface area contributed by atoms with E-state index in [1.165, 1.54) is 0 Å². The second-order valence-electron chi connectivity index (χ2n) is 3.86. The molecule has 0 spiro atoms. The number of nitrogens with one attached hydrogen (secondary N) is 1. The molecule has 14 heavy (non-hydrogen) atoms. The van der Waals surface area contributed by atoms with Crippen LogP contribution in [0.25, 0.3) is 0 Å². The summed E-state index contributed by atoms with van der Waals surface area (Å²) in [5, 5.41) is 0. The van der Waals surface area contributed by atoms with E-state index in [0.29, 0.717) is 13.0 Å². The highest BCUT2D eigenvalue weighted by molar-refractivity contribution is 7.89. The largest absolute Gasteiger partial charge is 0.324 e. The maximum Gasteiger partial charge on any atom is 0.211 e. The Balaban J connectivity index is 0.00000169. The highest BCUT2D eigenvalue weighted by Gasteiger charge is 2.33. The van der Waals surface area contributed by atoms with Crippen LogP contribution in [0.5, 0.6) is 0 Å². The van der Waals surface area contributed by atoms with Crippen LogP contribution in [0.2, 0.25) is 0 Å². The first-order chi connectivity index (χ1) is 5.97. The molecule has 1 rings (SSSR count). The van der Waals surface area contributed by atoms with Gasteiger partial charge in [-0.05, 0) is 25.7 Å². The summed E-state index contributed by atoms with van der Waals surface area (Å²) in [6.07, 6.45) is 3.63. The first-order valence-corrected chi connectivity index (χ1v) is 6.39. The van der Waals surface area contributed by atoms with Crippen molar-refractivity contribution in [3.05, 3.63) is 0 Å². The average Bonchev–Trinajstić information content (AvgIpc) is 1.97. The Bertz CT molecular complexity index is 263. The van der Waals surface area contributed by atoms with Crippen molar-refractivity contribution in [3.8, 4) is 0 Å². The van der Waals surface area contributed by atoms with Crippen molar-refractivity contribution >= 4 is 22.4 Å². The van der Waals surface area contributed by atoms with Crippen LogP contribution in [0.3, 0.4) is 0 Å². The third kappa shape index (κ3) is 4.13. The van der Waals surface area contributed by atoms with Gasteiger partial charge in [0.15, 0.2) is 0 Å². The van der Waals surface area contributed by atoms with Crippen LogP contribution in [0.1, 0.15) is 32.6 Å². The lowest BCUT2D eigenvalue weighted by atomic mass is 9.78. The number of nitrogens with two attached hydrogens (primary N) is 1. The van der Waals surface area contributed by atoms with Gasteiger partial charge in [-0.15, -0.1) is 12.4 Å². The van der Waals surface area contributed by atoms with E-state index in [1.54, 1.807) is 0 Å². The van der Waals surface area contributed by atoms with Gasteiger partial charge in [0.05, 0.1) is 5.75 Å². The predicted octanol–water partition coefficient (Wildman–Crippen LogP) is 0.619. The SMILES string of the molecule is CCCS(=O)(=O)NCC1(N)CCC1.Cl. The van der Waals surface area contributed by atoms with Crippen LogP contribution in [-0.4, -0.2) is 26.3 Å². The molecular formula is C8H19ClN2O2S. The van der Waals surface area contributed by atoms with Gasteiger partial charge in [0.25, 0.3) is 0 Å². The molecule has 0 radical (unpaired) electrons. The Hall–Kier alpha value is 0.160. The lowest BCUT2D eigenvalue weighted by Gasteiger charge is -2.37. The molecule has 0 heterocycles. The standard InChI is InChI=1S/C8H18N2O2S.ClH/c1-2-6-13(11,12)10-7-8(9)4-3-5-8;/h10H,2-7,9H2,1H3;1H. The maximum absolute atomic E-state index is 11.3. The smallest absolute Gasteiger partial charge is 0.211 e. The van der Waals surface area contributed by atoms with E-state index >= 15 is 0 Å². The van der Waals surface area contributed by atoms with Gasteiger partial charge in [-0.1, -0.05) is 6.92 Å². The van der Waals surface area contributed by atoms with Gasteiger partial charge < -0.3 is 5.73 Å². The van der Waals surface area contributed by atoms with Crippen molar-refractivity contribution in [1.82, 2.24) is 4.72 Å². The number of hydrogen-bond acceptors (Lipinski definition) is 3. The summed E-state index contributed by atoms with van der Waals surface area (Å²) in [6.45, 7) is 2.25. The minimum Gasteiger partial charge on any atom is -0.324 e. The number of rotatable bonds is 5. The van der Waals surface area contributed by atoms with E-state index in [-0.39, 0.29) is 23.7 Å². The van der Waals surface area contributed by atoms with Crippen LogP contribution in [0.15, 0.2) is 0 Å². The lowest BCUT2D eigenvalue weighted by molar-refractivity contribution is 0.251. The third-order valence-corrected chi connectivity index (χ3v) is 4.00. The average molecular weight is 243 g/mol. The van der Waals surface area contributed by atoms with Crippen LogP contribution in [0, 0.1) is 0 Å². The summed E-state index contributed by atoms with van der Waals surface area (Å²) in [7, 11) is -3.07. The van der Waals surface area contributed by atoms with Crippen molar-refractivity contribution < 1.29 is 8.42 Å². The van der Waals surface area contributed by atoms with Gasteiger partial charge in [-0.25, -0.2) is 13.1 Å². The Kier molecular flexibility index (Phi) is 5.36. The van der Waals surface area contributed by atoms with E-state index in [1.807, 2.05) is 6.92 Å². The highest BCUT2D eigenvalue weighted by Crippen LogP contribution is 2.28. The summed E-state index contributed by atoms with van der Waals surface area (Å²) in [4.78, 5) is 0. The fourth-order valence-electron chi connectivity index (χ4n) is 1.40. The molecule has 86 valence electrons. The minimum atomic E-state index is -3.07. The molecule has 0 saturated heterocycles. The minimum absolute atomic E-state index is 0. The Morgan fingerprint density at radius 3 is 2.36 bits per heavy atom. The first-order valence-electron chi connectivity index (χ1n) is 4.74. The van der Waals surface area contributed by atoms with Gasteiger partial charge >= 0.3 is 0 Å². The quantitative estimate of drug-likeness (QED) is 0.743. The summed E-state index contributed by atoms with van der Waals surface area (Å²) in [5.74, 6) is 0.197. The molecular weight excluding hydrogens is 224 g/mol. The molecule has 0 unspecified atom stereocenters. The third-order valence-electron chi connectivity index (χ3n) is 2.47. The zero-order valence-corrected chi connectivity index (χ0v) is 10.1. The van der Waals surface area contributed by atoms with E-state index < -0.39 is 10.0 Å². The molecule has 0 aromatic carbocycles. The highest BCUT2D eigenvalue weighted by atomic mass is 35.5. The van der Waals surface area contributed by atoms with Crippen molar-refractivity contribution in [1.29, 1.82) is 0 Å². The summed E-state index contributed by atoms with van der Waals surface area (Å²) in [5.41, 5.74) is 5.62. The van der Waals surface area contributed by atoms with Crippen LogP contribution in [0.4, 0.5) is 0 Å². The molecule has 0 bridgehead atoms. The van der Waals surface area contributed by atoms with Crippen molar-refractivity contribution in [2.45, 2.75) is 38.1 Å². The van der Waals surface area contributed by atoms with Gasteiger partial charge in [0.2, 0.25) is 10.0 Å². The summed E-state index contributed by atoms with van der Waals surface area (Å²) in [6, 6.07) is 0. The van der Waals surface area contributed by atoms with Gasteiger partial charge in [0.1, 0.15) is 0 Å². The Morgan fingerprint density at radius 2 is 2.00 bits per heavy atom. The Labute approximate surface area is 92.1 Å². The van der Waals surface area contributed by atoms with Crippen LogP contribution < -0.4 is 10.5 Å². The lowest BCUT2D eigenvalue weighted by Crippen LogP contribution is -2.55. The van der Waals surface area contributed by atoms with Crippen molar-refractivity contribution in [2.75, 3.05) is 12.3 Å². The monoisotopic (exact) mass is 242 g/mol. The van der Waals surface area contributed by atoms with E-state index in [9.17, 15) is 8.42 Å². The number of halogens is 1. The molecule has 1 fully saturated rings. The number of sulfonamides is 1. The molecule has 4 nitrogen and oxygen atoms in total. The summed E-state index contributed by atoms with van der Waals surface area (Å²) < 4.78 is 25.1. The van der Waals surface area contributed by atoms with Crippen molar-refractivity contribution in [2.24, 2.45) is 5.73 Å². The molecule has 0 atom stereocenters. The Morgan fingerprint density at radius 1 is 1.43 bits per heavy atom. The molecule has 1 saturated carbocycles. The maximum atomic E-state index is 11.3. The molecule has 0 aromatic rings. The summed E-state index contributed by atoms with van der Waals surface area (Å²) >= 11 is 0. The zero-order valence-electron chi connectivity index (χ0n) is 8.45. The molecule has 6 heteroatoms. The van der Waals surface area contributed by atoms with Crippen LogP contribution >= 0.6 is 12.4 Å². The van der Waals surface area contributed by atoms with Gasteiger partial charge in [0, 0.05) is 12.1 Å². The first kappa shape index (κ1) is 14.2. The normalized spacial score (nSPS) is 19.6. The molecule has 0 aliphatic heterocycles. The number of hydrogen-bond donors (Lipinski definition) is 2. The molecule has 3 N–H and O–H groups in total.